The first-order valence-electron chi connectivity index (χ1n) is 20.7. The Balaban J connectivity index is 2.55. The van der Waals surface area contributed by atoms with E-state index in [0.29, 0.717) is 103 Å². The average Bonchev–Trinajstić information content (AvgIpc) is 3.21. The van der Waals surface area contributed by atoms with Crippen LogP contribution in [0.2, 0.25) is 0 Å². The Kier molecular flexibility index (Phi) is 31.4. The highest BCUT2D eigenvalue weighted by Gasteiger charge is 2.25. The molecule has 4 unspecified atom stereocenters. The maximum absolute atomic E-state index is 13.6. The fourth-order valence-corrected chi connectivity index (χ4v) is 7.52. The highest BCUT2D eigenvalue weighted by atomic mass is 33.1. The summed E-state index contributed by atoms with van der Waals surface area (Å²) < 4.78 is 5.49. The fraction of sp³-hybridized carbons (Fsp3) is 0.718. The molecule has 0 saturated heterocycles. The van der Waals surface area contributed by atoms with Crippen LogP contribution in [0.15, 0.2) is 34.4 Å². The smallest absolute Gasteiger partial charge is 0.245 e. The average molecular weight is 856 g/mol. The van der Waals surface area contributed by atoms with Crippen molar-refractivity contribution < 1.29 is 45.3 Å². The quantitative estimate of drug-likeness (QED) is 0.0179. The van der Waals surface area contributed by atoms with Crippen molar-refractivity contribution in [2.75, 3.05) is 58.7 Å². The third-order valence-electron chi connectivity index (χ3n) is 9.07. The molecule has 0 aromatic carbocycles. The molecular formula is C39H71N10O7S2+. The van der Waals surface area contributed by atoms with Crippen molar-refractivity contribution in [3.63, 3.8) is 0 Å². The highest BCUT2D eigenvalue weighted by Crippen LogP contribution is 2.29. The molecule has 0 bridgehead atoms. The van der Waals surface area contributed by atoms with Crippen LogP contribution in [-0.4, -0.2) is 123 Å². The molecule has 13 N–H and O–H groups in total. The second kappa shape index (κ2) is 34.5. The molecule has 4 amide bonds. The van der Waals surface area contributed by atoms with Crippen LogP contribution in [0, 0.1) is 0 Å². The number of carbonyl (C=O) groups is 5. The number of unbranched alkanes of at least 4 members (excludes halogenated alkanes) is 4. The number of aromatic nitrogens is 1. The summed E-state index contributed by atoms with van der Waals surface area (Å²) in [6.07, 6.45) is 9.33. The van der Waals surface area contributed by atoms with Crippen molar-refractivity contribution in [1.29, 1.82) is 0 Å². The number of ketones is 1. The van der Waals surface area contributed by atoms with Gasteiger partial charge in [0.2, 0.25) is 23.6 Å². The van der Waals surface area contributed by atoms with Crippen molar-refractivity contribution in [1.82, 2.24) is 31.6 Å². The zero-order chi connectivity index (χ0) is 42.8. The predicted octanol–water partition coefficient (Wildman–Crippen LogP) is -0.751. The first kappa shape index (κ1) is 52.7. The Bertz CT molecular complexity index is 1330. The number of Topliss-reactive ketones (excluding diaryl/α,β-unsaturated/α-hetero) is 1. The molecule has 1 heterocycles. The molecule has 0 saturated carbocycles. The van der Waals surface area contributed by atoms with Crippen molar-refractivity contribution in [2.45, 2.75) is 126 Å². The number of nitrogens with zero attached hydrogens (tertiary/aromatic N) is 2. The van der Waals surface area contributed by atoms with Gasteiger partial charge in [0, 0.05) is 37.9 Å². The van der Waals surface area contributed by atoms with Gasteiger partial charge in [-0.05, 0) is 120 Å². The Hall–Kier alpha value is -3.33. The number of likely N-dealkylation sites (N-methyl/N-ethyl adjacent to an activating group) is 1. The van der Waals surface area contributed by atoms with E-state index in [4.69, 9.17) is 10.5 Å². The standard InChI is InChI=1S/C39H70N10O7S2/c1-29(50)30(13-6-11-23-44-34(51)18-26-56-27-25-45-35(52)19-28-57-58-36-17-7-12-24-46-36)47-38(54)32(15-4-9-21-41)49-39(55)33(16-5-10-22-42)48-37(53)31(43-2)14-3-8-20-40/h7,12,17,24,30-33,43H,3-6,8-11,13-16,18-23,25-28,40-42H2,1-2H3,(H,44,51)(H,45,52)(H,47,54)(H,48,53)(H,49,55)/p+1. The molecule has 1 aromatic rings. The van der Waals surface area contributed by atoms with Gasteiger partial charge >= 0.3 is 0 Å². The number of pyridine rings is 1. The molecule has 0 aliphatic rings. The number of hydrogen-bond acceptors (Lipinski definition) is 13. The van der Waals surface area contributed by atoms with Gasteiger partial charge in [-0.15, -0.1) is 0 Å². The van der Waals surface area contributed by atoms with E-state index in [1.807, 2.05) is 18.2 Å². The van der Waals surface area contributed by atoms with E-state index in [2.05, 4.69) is 48.0 Å². The van der Waals surface area contributed by atoms with Crippen LogP contribution in [0.3, 0.4) is 0 Å². The van der Waals surface area contributed by atoms with Gasteiger partial charge in [0.1, 0.15) is 11.1 Å². The highest BCUT2D eigenvalue weighted by molar-refractivity contribution is 8.76. The van der Waals surface area contributed by atoms with Crippen LogP contribution in [0.25, 0.3) is 0 Å². The van der Waals surface area contributed by atoms with Gasteiger partial charge in [-0.2, -0.15) is 0 Å². The summed E-state index contributed by atoms with van der Waals surface area (Å²) in [5.41, 5.74) is 13.3. The van der Waals surface area contributed by atoms with Crippen LogP contribution in [-0.2, 0) is 28.7 Å². The number of aliphatic imine (C=N–C) groups is 1. The molecular weight excluding hydrogens is 785 g/mol. The van der Waals surface area contributed by atoms with E-state index in [1.165, 1.54) is 17.7 Å². The topological polar surface area (TPSA) is 284 Å². The number of quaternary nitrogens is 2. The van der Waals surface area contributed by atoms with Gasteiger partial charge in [0.15, 0.2) is 5.78 Å². The number of carbonyl (C=O) groups excluding carboxylic acids is 5. The maximum Gasteiger partial charge on any atom is 0.245 e. The van der Waals surface area contributed by atoms with Gasteiger partial charge in [0.05, 0.1) is 44.4 Å². The minimum Gasteiger partial charge on any atom is -0.861 e. The number of nitrogens with one attached hydrogen (secondary N) is 5. The summed E-state index contributed by atoms with van der Waals surface area (Å²) in [6.45, 7) is 4.55. The Morgan fingerprint density at radius 1 is 0.810 bits per heavy atom. The maximum atomic E-state index is 13.6. The van der Waals surface area contributed by atoms with E-state index in [-0.39, 0.29) is 36.5 Å². The minimum atomic E-state index is -1.03. The summed E-state index contributed by atoms with van der Waals surface area (Å²) in [6, 6.07) is 2.50. The first-order chi connectivity index (χ1) is 28.1. The lowest BCUT2D eigenvalue weighted by atomic mass is 10.0. The molecule has 330 valence electrons. The summed E-state index contributed by atoms with van der Waals surface area (Å²) in [5, 5.41) is 28.8. The minimum absolute atomic E-state index is 0.0629. The number of amides is 4. The lowest BCUT2D eigenvalue weighted by molar-refractivity contribution is -0.369. The monoisotopic (exact) mass is 855 g/mol. The van der Waals surface area contributed by atoms with Crippen molar-refractivity contribution in [3.05, 3.63) is 24.4 Å². The predicted molar refractivity (Wildman–Crippen MR) is 227 cm³/mol. The van der Waals surface area contributed by atoms with Gasteiger partial charge in [-0.25, -0.2) is 4.98 Å². The summed E-state index contributed by atoms with van der Waals surface area (Å²) in [4.78, 5) is 72.1. The second-order valence-corrected chi connectivity index (χ2v) is 16.4. The van der Waals surface area contributed by atoms with Gasteiger partial charge in [0.25, 0.3) is 0 Å². The fourth-order valence-electron chi connectivity index (χ4n) is 5.65. The number of rotatable bonds is 36. The molecule has 0 radical (unpaired) electrons. The summed E-state index contributed by atoms with van der Waals surface area (Å²) in [5.74, 6) is -1.20. The third-order valence-corrected chi connectivity index (χ3v) is 11.3. The largest absolute Gasteiger partial charge is 0.861 e. The van der Waals surface area contributed by atoms with Crippen LogP contribution in [0.5, 0.6) is 0 Å². The summed E-state index contributed by atoms with van der Waals surface area (Å²) >= 11 is 0. The molecule has 1 aromatic heterocycles. The molecule has 0 aliphatic heterocycles. The Morgan fingerprint density at radius 3 is 2.12 bits per heavy atom. The van der Waals surface area contributed by atoms with Crippen LogP contribution >= 0.6 is 21.6 Å². The SMILES string of the molecule is CNC(CCCCN)C(=O)NC(CCCC[NH3+])C([O-])=NC(CCCC[NH3+])C(=O)NC(CCCCNC(=O)CCOCCNC(=O)CCSSc1ccccn1)C(C)=O. The van der Waals surface area contributed by atoms with Gasteiger partial charge in [-0.3, -0.25) is 29.0 Å². The summed E-state index contributed by atoms with van der Waals surface area (Å²) in [7, 11) is 4.79. The van der Waals surface area contributed by atoms with Crippen molar-refractivity contribution in [2.24, 2.45) is 10.7 Å². The van der Waals surface area contributed by atoms with E-state index in [9.17, 15) is 29.1 Å². The molecule has 17 nitrogen and oxygen atoms in total. The van der Waals surface area contributed by atoms with Crippen molar-refractivity contribution in [3.8, 4) is 0 Å². The normalized spacial score (nSPS) is 13.6. The molecule has 58 heavy (non-hydrogen) atoms. The second-order valence-electron chi connectivity index (χ2n) is 13.9. The molecule has 4 atom stereocenters. The molecule has 19 heteroatoms. The number of nitrogens with two attached hydrogens (primary N) is 1. The lowest BCUT2D eigenvalue weighted by Crippen LogP contribution is -2.53. The number of hydrogen-bond donors (Lipinski definition) is 8. The first-order valence-corrected chi connectivity index (χ1v) is 23.0. The van der Waals surface area contributed by atoms with E-state index < -0.39 is 36.0 Å². The molecule has 1 rings (SSSR count). The molecule has 0 spiro atoms. The van der Waals surface area contributed by atoms with Gasteiger partial charge in [-0.1, -0.05) is 23.3 Å². The zero-order valence-corrected chi connectivity index (χ0v) is 36.4. The molecule has 0 aliphatic carbocycles. The number of ether oxygens (including phenoxy) is 1. The van der Waals surface area contributed by atoms with Crippen molar-refractivity contribution >= 4 is 56.9 Å². The lowest BCUT2D eigenvalue weighted by Gasteiger charge is -2.28. The van der Waals surface area contributed by atoms with Crippen LogP contribution in [0.4, 0.5) is 0 Å². The zero-order valence-electron chi connectivity index (χ0n) is 34.7. The third kappa shape index (κ3) is 25.9. The Morgan fingerprint density at radius 2 is 1.45 bits per heavy atom. The van der Waals surface area contributed by atoms with E-state index >= 15 is 0 Å². The van der Waals surface area contributed by atoms with Gasteiger partial charge < -0.3 is 53.6 Å². The Labute approximate surface area is 352 Å². The van der Waals surface area contributed by atoms with Crippen LogP contribution < -0.4 is 48.9 Å². The van der Waals surface area contributed by atoms with E-state index in [0.717, 1.165) is 30.7 Å². The van der Waals surface area contributed by atoms with E-state index in [1.54, 1.807) is 24.0 Å². The molecule has 0 fully saturated rings. The van der Waals surface area contributed by atoms with Crippen LogP contribution in [0.1, 0.15) is 96.8 Å².